The summed E-state index contributed by atoms with van der Waals surface area (Å²) in [5.41, 5.74) is 0.932. The van der Waals surface area contributed by atoms with Crippen LogP contribution in [0.15, 0.2) is 30.3 Å². The Hall–Kier alpha value is -0.770. The molecule has 1 aromatic rings. The molecule has 3 atom stereocenters. The van der Waals surface area contributed by atoms with E-state index in [1.807, 2.05) is 18.2 Å². The number of rotatable bonds is 5. The van der Waals surface area contributed by atoms with Crippen molar-refractivity contribution in [2.75, 3.05) is 13.2 Å². The van der Waals surface area contributed by atoms with Gasteiger partial charge >= 0.3 is 0 Å². The van der Waals surface area contributed by atoms with Crippen LogP contribution in [0.1, 0.15) is 38.7 Å². The van der Waals surface area contributed by atoms with Crippen molar-refractivity contribution in [1.82, 2.24) is 5.32 Å². The van der Waals surface area contributed by atoms with Crippen molar-refractivity contribution in [3.8, 4) is 0 Å². The fourth-order valence-electron chi connectivity index (χ4n) is 2.64. The molecule has 0 saturated carbocycles. The number of hydrogen-bond donors (Lipinski definition) is 2. The number of morpholine rings is 1. The molecule has 2 rings (SSSR count). The molecule has 2 N–H and O–H groups in total. The minimum absolute atomic E-state index is 0.241. The standard InChI is InChI=1S/C16H24NO3P/c1-3-4-10-15(21(18)19)14-11-17-16(2,12-20-14)13-8-6-5-7-9-13/h5-9,14,17H,3-4,10-12H2,1-2H3,(H,18,19)/t14-,16+/m1/s1. The van der Waals surface area contributed by atoms with Crippen LogP contribution in [0.25, 0.3) is 0 Å². The SMILES string of the molecule is CCCCC([C@H]1CN[C@](C)(c2ccccc2)CO1)=[P+]([O-])O. The fourth-order valence-corrected chi connectivity index (χ4v) is 3.40. The average molecular weight is 309 g/mol. The molecule has 21 heavy (non-hydrogen) atoms. The highest BCUT2D eigenvalue weighted by molar-refractivity contribution is 7.46. The van der Waals surface area contributed by atoms with Crippen molar-refractivity contribution in [1.29, 1.82) is 0 Å². The third-order valence-electron chi connectivity index (χ3n) is 4.07. The molecule has 1 aliphatic rings. The van der Waals surface area contributed by atoms with Gasteiger partial charge in [0.05, 0.1) is 12.1 Å². The summed E-state index contributed by atoms with van der Waals surface area (Å²) in [5, 5.41) is 4.12. The molecule has 0 aromatic heterocycles. The molecule has 0 bridgehead atoms. The van der Waals surface area contributed by atoms with Crippen molar-refractivity contribution >= 4 is 13.3 Å². The van der Waals surface area contributed by atoms with E-state index in [2.05, 4.69) is 31.3 Å². The second kappa shape index (κ2) is 7.48. The van der Waals surface area contributed by atoms with Crippen molar-refractivity contribution in [3.63, 3.8) is 0 Å². The van der Waals surface area contributed by atoms with Gasteiger partial charge in [0.1, 0.15) is 6.10 Å². The van der Waals surface area contributed by atoms with Crippen LogP contribution in [0.3, 0.4) is 0 Å². The normalized spacial score (nSPS) is 27.3. The van der Waals surface area contributed by atoms with E-state index in [0.29, 0.717) is 24.9 Å². The van der Waals surface area contributed by atoms with Gasteiger partial charge in [-0.05, 0) is 18.9 Å². The smallest absolute Gasteiger partial charge is 0.219 e. The Balaban J connectivity index is 2.04. The lowest BCUT2D eigenvalue weighted by atomic mass is 9.91. The van der Waals surface area contributed by atoms with Gasteiger partial charge < -0.3 is 14.9 Å². The third-order valence-corrected chi connectivity index (χ3v) is 5.07. The zero-order valence-corrected chi connectivity index (χ0v) is 13.6. The summed E-state index contributed by atoms with van der Waals surface area (Å²) < 4.78 is 5.93. The quantitative estimate of drug-likeness (QED) is 0.816. The topological polar surface area (TPSA) is 64.5 Å². The molecule has 0 spiro atoms. The molecular formula is C16H24NO3P. The highest BCUT2D eigenvalue weighted by Crippen LogP contribution is 2.27. The van der Waals surface area contributed by atoms with E-state index in [1.54, 1.807) is 0 Å². The zero-order valence-electron chi connectivity index (χ0n) is 12.7. The molecule has 0 aliphatic carbocycles. The summed E-state index contributed by atoms with van der Waals surface area (Å²) in [6.07, 6.45) is 2.33. The van der Waals surface area contributed by atoms with E-state index in [4.69, 9.17) is 4.74 Å². The van der Waals surface area contributed by atoms with Crippen molar-refractivity contribution in [2.45, 2.75) is 44.8 Å². The molecule has 0 radical (unpaired) electrons. The van der Waals surface area contributed by atoms with Crippen LogP contribution in [0.5, 0.6) is 0 Å². The van der Waals surface area contributed by atoms with E-state index in [0.717, 1.165) is 12.8 Å². The van der Waals surface area contributed by atoms with Gasteiger partial charge in [0.25, 0.3) is 0 Å². The molecule has 4 nitrogen and oxygen atoms in total. The lowest BCUT2D eigenvalue weighted by molar-refractivity contribution is -0.168. The van der Waals surface area contributed by atoms with Gasteiger partial charge in [-0.3, -0.25) is 0 Å². The monoisotopic (exact) mass is 309 g/mol. The zero-order chi connectivity index (χ0) is 15.3. The van der Waals surface area contributed by atoms with E-state index < -0.39 is 8.00 Å². The van der Waals surface area contributed by atoms with Crippen LogP contribution in [-0.2, 0) is 10.3 Å². The van der Waals surface area contributed by atoms with Gasteiger partial charge in [-0.15, -0.1) is 0 Å². The van der Waals surface area contributed by atoms with Crippen molar-refractivity contribution in [3.05, 3.63) is 35.9 Å². The van der Waals surface area contributed by atoms with Crippen LogP contribution in [0.2, 0.25) is 0 Å². The maximum absolute atomic E-state index is 11.5. The maximum atomic E-state index is 11.5. The molecule has 1 aliphatic heterocycles. The molecule has 116 valence electrons. The van der Waals surface area contributed by atoms with E-state index >= 15 is 0 Å². The van der Waals surface area contributed by atoms with Crippen molar-refractivity contribution < 1.29 is 14.5 Å². The summed E-state index contributed by atoms with van der Waals surface area (Å²) in [6, 6.07) is 10.2. The minimum atomic E-state index is -2.28. The number of ether oxygens (including phenoxy) is 1. The molecule has 1 unspecified atom stereocenters. The van der Waals surface area contributed by atoms with Gasteiger partial charge in [0, 0.05) is 13.0 Å². The van der Waals surface area contributed by atoms with Crippen molar-refractivity contribution in [2.24, 2.45) is 0 Å². The minimum Gasteiger partial charge on any atom is -0.603 e. The summed E-state index contributed by atoms with van der Waals surface area (Å²) in [7, 11) is -2.28. The van der Waals surface area contributed by atoms with Gasteiger partial charge in [-0.2, -0.15) is 4.89 Å². The molecule has 5 heteroatoms. The molecule has 1 fully saturated rings. The maximum Gasteiger partial charge on any atom is 0.219 e. The largest absolute Gasteiger partial charge is 0.603 e. The van der Waals surface area contributed by atoms with E-state index in [9.17, 15) is 9.79 Å². The summed E-state index contributed by atoms with van der Waals surface area (Å²) in [6.45, 7) is 5.25. The Bertz CT molecular complexity index is 478. The molecule has 1 aromatic carbocycles. The van der Waals surface area contributed by atoms with E-state index in [1.165, 1.54) is 5.56 Å². The second-order valence-electron chi connectivity index (χ2n) is 5.75. The van der Waals surface area contributed by atoms with Crippen LogP contribution in [0.4, 0.5) is 0 Å². The van der Waals surface area contributed by atoms with Crippen LogP contribution >= 0.6 is 8.00 Å². The number of nitrogens with one attached hydrogen (secondary N) is 1. The highest BCUT2D eigenvalue weighted by atomic mass is 31.1. The first-order valence-electron chi connectivity index (χ1n) is 7.51. The highest BCUT2D eigenvalue weighted by Gasteiger charge is 2.36. The fraction of sp³-hybridized carbons (Fsp3) is 0.562. The van der Waals surface area contributed by atoms with Gasteiger partial charge in [0.2, 0.25) is 8.00 Å². The lowest BCUT2D eigenvalue weighted by Gasteiger charge is -2.38. The number of benzene rings is 1. The predicted octanol–water partition coefficient (Wildman–Crippen LogP) is 1.92. The average Bonchev–Trinajstić information content (AvgIpc) is 2.50. The first-order chi connectivity index (χ1) is 10.1. The predicted molar refractivity (Wildman–Crippen MR) is 85.2 cm³/mol. The Kier molecular flexibility index (Phi) is 5.91. The Labute approximate surface area is 127 Å². The lowest BCUT2D eigenvalue weighted by Crippen LogP contribution is -2.55. The summed E-state index contributed by atoms with van der Waals surface area (Å²) in [4.78, 5) is 21.0. The van der Waals surface area contributed by atoms with Gasteiger partial charge in [-0.25, -0.2) is 0 Å². The third kappa shape index (κ3) is 4.12. The Morgan fingerprint density at radius 2 is 2.19 bits per heavy atom. The number of hydrogen-bond acceptors (Lipinski definition) is 4. The van der Waals surface area contributed by atoms with Crippen LogP contribution in [0, 0.1) is 0 Å². The Morgan fingerprint density at radius 1 is 1.48 bits per heavy atom. The summed E-state index contributed by atoms with van der Waals surface area (Å²) in [5.74, 6) is 0. The molecule has 1 heterocycles. The van der Waals surface area contributed by atoms with Crippen LogP contribution < -0.4 is 10.2 Å². The molecule has 0 amide bonds. The molecular weight excluding hydrogens is 285 g/mol. The van der Waals surface area contributed by atoms with Gasteiger partial charge in [-0.1, -0.05) is 43.7 Å². The van der Waals surface area contributed by atoms with Crippen LogP contribution in [-0.4, -0.2) is 29.4 Å². The van der Waals surface area contributed by atoms with Gasteiger partial charge in [0.15, 0.2) is 5.29 Å². The first-order valence-corrected chi connectivity index (χ1v) is 8.72. The number of unbranched alkanes of at least 4 members (excludes halogenated alkanes) is 1. The summed E-state index contributed by atoms with van der Waals surface area (Å²) >= 11 is 0. The Morgan fingerprint density at radius 3 is 2.71 bits per heavy atom. The van der Waals surface area contributed by atoms with E-state index in [-0.39, 0.29) is 11.6 Å². The first kappa shape index (κ1) is 16.6. The second-order valence-corrected chi connectivity index (χ2v) is 6.87. The molecule has 1 saturated heterocycles.